The fourth-order valence-corrected chi connectivity index (χ4v) is 2.38. The van der Waals surface area contributed by atoms with E-state index in [-0.39, 0.29) is 17.9 Å². The molecule has 1 fully saturated rings. The third kappa shape index (κ3) is 5.46. The number of carbonyl (C=O) groups is 2. The van der Waals surface area contributed by atoms with Crippen LogP contribution in [0.1, 0.15) is 39.0 Å². The standard InChI is InChI=1S/C14H27N3O3/c1-3-13(18)16-11-6-8-17(9-7-11)14(19)12(15)5-4-10-20-2/h11-12H,3-10,15H2,1-2H3,(H,16,18). The Morgan fingerprint density at radius 3 is 2.60 bits per heavy atom. The van der Waals surface area contributed by atoms with Crippen molar-refractivity contribution in [3.63, 3.8) is 0 Å². The summed E-state index contributed by atoms with van der Waals surface area (Å²) < 4.78 is 4.96. The Morgan fingerprint density at radius 2 is 2.05 bits per heavy atom. The molecule has 6 heteroatoms. The average molecular weight is 285 g/mol. The van der Waals surface area contributed by atoms with Gasteiger partial charge in [0.2, 0.25) is 11.8 Å². The Bertz CT molecular complexity index is 315. The molecule has 1 aliphatic heterocycles. The fourth-order valence-electron chi connectivity index (χ4n) is 2.38. The minimum Gasteiger partial charge on any atom is -0.385 e. The lowest BCUT2D eigenvalue weighted by Gasteiger charge is -2.33. The van der Waals surface area contributed by atoms with Crippen LogP contribution in [0.15, 0.2) is 0 Å². The zero-order valence-electron chi connectivity index (χ0n) is 12.6. The Balaban J connectivity index is 2.29. The van der Waals surface area contributed by atoms with Gasteiger partial charge in [0.15, 0.2) is 0 Å². The van der Waals surface area contributed by atoms with Gasteiger partial charge in [-0.05, 0) is 25.7 Å². The molecule has 1 unspecified atom stereocenters. The zero-order valence-corrected chi connectivity index (χ0v) is 12.6. The molecule has 1 atom stereocenters. The summed E-state index contributed by atoms with van der Waals surface area (Å²) in [6.45, 7) is 3.82. The number of piperidine rings is 1. The summed E-state index contributed by atoms with van der Waals surface area (Å²) in [6.07, 6.45) is 3.57. The van der Waals surface area contributed by atoms with Gasteiger partial charge in [0.05, 0.1) is 6.04 Å². The molecule has 0 spiro atoms. The SMILES string of the molecule is CCC(=O)NC1CCN(C(=O)C(N)CCCOC)CC1. The van der Waals surface area contributed by atoms with Crippen LogP contribution in [0.3, 0.4) is 0 Å². The lowest BCUT2D eigenvalue weighted by atomic mass is 10.0. The predicted octanol–water partition coefficient (Wildman–Crippen LogP) is 0.258. The first-order chi connectivity index (χ1) is 9.58. The first kappa shape index (κ1) is 16.9. The van der Waals surface area contributed by atoms with Crippen LogP contribution in [-0.4, -0.2) is 55.6 Å². The number of amides is 2. The first-order valence-electron chi connectivity index (χ1n) is 7.41. The summed E-state index contributed by atoms with van der Waals surface area (Å²) in [6, 6.07) is -0.247. The number of carbonyl (C=O) groups excluding carboxylic acids is 2. The number of ether oxygens (including phenoxy) is 1. The third-order valence-corrected chi connectivity index (χ3v) is 3.67. The highest BCUT2D eigenvalue weighted by Crippen LogP contribution is 2.12. The van der Waals surface area contributed by atoms with Gasteiger partial charge >= 0.3 is 0 Å². The topological polar surface area (TPSA) is 84.7 Å². The van der Waals surface area contributed by atoms with E-state index in [1.807, 2.05) is 11.8 Å². The van der Waals surface area contributed by atoms with Crippen molar-refractivity contribution in [2.45, 2.75) is 51.1 Å². The molecule has 1 heterocycles. The van der Waals surface area contributed by atoms with Gasteiger partial charge in [0, 0.05) is 39.3 Å². The van der Waals surface area contributed by atoms with E-state index in [1.165, 1.54) is 0 Å². The lowest BCUT2D eigenvalue weighted by molar-refractivity contribution is -0.134. The van der Waals surface area contributed by atoms with E-state index in [4.69, 9.17) is 10.5 Å². The molecule has 0 saturated carbocycles. The highest BCUT2D eigenvalue weighted by molar-refractivity contribution is 5.81. The van der Waals surface area contributed by atoms with Crippen molar-refractivity contribution in [3.8, 4) is 0 Å². The van der Waals surface area contributed by atoms with E-state index >= 15 is 0 Å². The van der Waals surface area contributed by atoms with Crippen LogP contribution in [0.2, 0.25) is 0 Å². The molecular weight excluding hydrogens is 258 g/mol. The highest BCUT2D eigenvalue weighted by atomic mass is 16.5. The monoisotopic (exact) mass is 285 g/mol. The molecule has 0 radical (unpaired) electrons. The second-order valence-corrected chi connectivity index (χ2v) is 5.26. The maximum Gasteiger partial charge on any atom is 0.239 e. The van der Waals surface area contributed by atoms with Crippen molar-refractivity contribution in [1.82, 2.24) is 10.2 Å². The first-order valence-corrected chi connectivity index (χ1v) is 7.41. The number of hydrogen-bond acceptors (Lipinski definition) is 4. The van der Waals surface area contributed by atoms with Crippen LogP contribution in [0.4, 0.5) is 0 Å². The molecule has 20 heavy (non-hydrogen) atoms. The number of hydrogen-bond donors (Lipinski definition) is 2. The second kappa shape index (κ2) is 8.92. The van der Waals surface area contributed by atoms with Gasteiger partial charge in [-0.25, -0.2) is 0 Å². The minimum absolute atomic E-state index is 0.0152. The van der Waals surface area contributed by atoms with Crippen molar-refractivity contribution in [1.29, 1.82) is 0 Å². The van der Waals surface area contributed by atoms with Crippen molar-refractivity contribution in [2.75, 3.05) is 26.8 Å². The fraction of sp³-hybridized carbons (Fsp3) is 0.857. The van der Waals surface area contributed by atoms with E-state index in [0.717, 1.165) is 19.3 Å². The minimum atomic E-state index is -0.438. The van der Waals surface area contributed by atoms with Gasteiger partial charge in [0.1, 0.15) is 0 Å². The van der Waals surface area contributed by atoms with E-state index in [9.17, 15) is 9.59 Å². The van der Waals surface area contributed by atoms with Crippen LogP contribution in [0.5, 0.6) is 0 Å². The van der Waals surface area contributed by atoms with E-state index in [1.54, 1.807) is 7.11 Å². The molecule has 0 bridgehead atoms. The Labute approximate surface area is 121 Å². The summed E-state index contributed by atoms with van der Waals surface area (Å²) in [4.78, 5) is 25.3. The van der Waals surface area contributed by atoms with Crippen molar-refractivity contribution in [2.24, 2.45) is 5.73 Å². The quantitative estimate of drug-likeness (QED) is 0.657. The lowest BCUT2D eigenvalue weighted by Crippen LogP contribution is -2.50. The van der Waals surface area contributed by atoms with Gasteiger partial charge in [-0.2, -0.15) is 0 Å². The van der Waals surface area contributed by atoms with Crippen molar-refractivity contribution in [3.05, 3.63) is 0 Å². The van der Waals surface area contributed by atoms with Gasteiger partial charge in [-0.1, -0.05) is 6.92 Å². The van der Waals surface area contributed by atoms with E-state index in [2.05, 4.69) is 5.32 Å². The highest BCUT2D eigenvalue weighted by Gasteiger charge is 2.26. The molecule has 116 valence electrons. The van der Waals surface area contributed by atoms with Crippen LogP contribution < -0.4 is 11.1 Å². The molecule has 1 saturated heterocycles. The number of methoxy groups -OCH3 is 1. The second-order valence-electron chi connectivity index (χ2n) is 5.26. The predicted molar refractivity (Wildman–Crippen MR) is 77.1 cm³/mol. The van der Waals surface area contributed by atoms with Gasteiger partial charge in [0.25, 0.3) is 0 Å². The molecular formula is C14H27N3O3. The van der Waals surface area contributed by atoms with Crippen LogP contribution in [-0.2, 0) is 14.3 Å². The van der Waals surface area contributed by atoms with Crippen LogP contribution >= 0.6 is 0 Å². The third-order valence-electron chi connectivity index (χ3n) is 3.67. The normalized spacial score (nSPS) is 17.9. The van der Waals surface area contributed by atoms with Crippen molar-refractivity contribution >= 4 is 11.8 Å². The van der Waals surface area contributed by atoms with E-state index < -0.39 is 6.04 Å². The largest absolute Gasteiger partial charge is 0.385 e. The number of nitrogens with one attached hydrogen (secondary N) is 1. The maximum atomic E-state index is 12.2. The molecule has 0 aromatic carbocycles. The molecule has 2 amide bonds. The Morgan fingerprint density at radius 1 is 1.40 bits per heavy atom. The summed E-state index contributed by atoms with van der Waals surface area (Å²) in [5.41, 5.74) is 5.91. The molecule has 0 aliphatic carbocycles. The summed E-state index contributed by atoms with van der Waals surface area (Å²) in [5, 5.41) is 2.97. The van der Waals surface area contributed by atoms with Gasteiger partial charge in [-0.3, -0.25) is 9.59 Å². The maximum absolute atomic E-state index is 12.2. The Hall–Kier alpha value is -1.14. The summed E-state index contributed by atoms with van der Waals surface area (Å²) >= 11 is 0. The molecule has 0 aromatic heterocycles. The number of nitrogens with two attached hydrogens (primary N) is 1. The summed E-state index contributed by atoms with van der Waals surface area (Å²) in [7, 11) is 1.64. The van der Waals surface area contributed by atoms with Crippen molar-refractivity contribution < 1.29 is 14.3 Å². The molecule has 0 aromatic rings. The number of nitrogens with zero attached hydrogens (tertiary/aromatic N) is 1. The van der Waals surface area contributed by atoms with Gasteiger partial charge in [-0.15, -0.1) is 0 Å². The molecule has 3 N–H and O–H groups in total. The summed E-state index contributed by atoms with van der Waals surface area (Å²) in [5.74, 6) is 0.0902. The Kier molecular flexibility index (Phi) is 7.54. The molecule has 1 aliphatic rings. The molecule has 6 nitrogen and oxygen atoms in total. The number of likely N-dealkylation sites (tertiary alicyclic amines) is 1. The number of rotatable bonds is 7. The van der Waals surface area contributed by atoms with Crippen LogP contribution in [0.25, 0.3) is 0 Å². The average Bonchev–Trinajstić information content (AvgIpc) is 2.47. The smallest absolute Gasteiger partial charge is 0.239 e. The zero-order chi connectivity index (χ0) is 15.0. The molecule has 1 rings (SSSR count). The van der Waals surface area contributed by atoms with Crippen LogP contribution in [0, 0.1) is 0 Å². The van der Waals surface area contributed by atoms with E-state index in [0.29, 0.717) is 32.5 Å². The van der Waals surface area contributed by atoms with Gasteiger partial charge < -0.3 is 20.7 Å².